The first-order valence-corrected chi connectivity index (χ1v) is 12.1. The van der Waals surface area contributed by atoms with E-state index in [4.69, 9.17) is 14.2 Å². The van der Waals surface area contributed by atoms with E-state index in [1.165, 1.54) is 12.8 Å². The highest BCUT2D eigenvalue weighted by Gasteiger charge is 2.52. The molecule has 5 nitrogen and oxygen atoms in total. The van der Waals surface area contributed by atoms with Gasteiger partial charge in [0.2, 0.25) is 0 Å². The number of fused-ring (bicyclic) bond motifs is 5. The third-order valence-corrected chi connectivity index (χ3v) is 8.62. The van der Waals surface area contributed by atoms with Crippen molar-refractivity contribution < 1.29 is 18.6 Å². The number of halogens is 1. The van der Waals surface area contributed by atoms with Gasteiger partial charge >= 0.3 is 0 Å². The molecule has 2 aliphatic carbocycles. The molecule has 166 valence electrons. The molecule has 1 N–H and O–H groups in total. The van der Waals surface area contributed by atoms with Gasteiger partial charge in [-0.15, -0.1) is 0 Å². The largest absolute Gasteiger partial charge is 0.378 e. The van der Waals surface area contributed by atoms with E-state index in [2.05, 4.69) is 17.1 Å². The van der Waals surface area contributed by atoms with Crippen LogP contribution in [0.4, 0.5) is 4.39 Å². The van der Waals surface area contributed by atoms with E-state index in [9.17, 15) is 4.39 Å². The van der Waals surface area contributed by atoms with Crippen LogP contribution in [0.25, 0.3) is 0 Å². The van der Waals surface area contributed by atoms with Crippen molar-refractivity contribution in [3.8, 4) is 0 Å². The minimum atomic E-state index is -0.683. The molecule has 6 fully saturated rings. The molecule has 0 aromatic heterocycles. The van der Waals surface area contributed by atoms with Gasteiger partial charge in [0.05, 0.1) is 50.2 Å². The van der Waals surface area contributed by atoms with Gasteiger partial charge in [0, 0.05) is 25.6 Å². The second kappa shape index (κ2) is 8.70. The van der Waals surface area contributed by atoms with Gasteiger partial charge in [0.15, 0.2) is 0 Å². The quantitative estimate of drug-likeness (QED) is 0.665. The lowest BCUT2D eigenvalue weighted by Crippen LogP contribution is -2.63. The molecule has 29 heavy (non-hydrogen) atoms. The Morgan fingerprint density at radius 3 is 2.69 bits per heavy atom. The Morgan fingerprint density at radius 1 is 1.03 bits per heavy atom. The maximum Gasteiger partial charge on any atom is 0.103 e. The van der Waals surface area contributed by atoms with Gasteiger partial charge in [0.25, 0.3) is 0 Å². The summed E-state index contributed by atoms with van der Waals surface area (Å²) in [6.07, 6.45) is 7.91. The van der Waals surface area contributed by atoms with Crippen LogP contribution < -0.4 is 5.32 Å². The molecule has 1 spiro atoms. The summed E-state index contributed by atoms with van der Waals surface area (Å²) in [6.45, 7) is 7.17. The number of hydrogen-bond acceptors (Lipinski definition) is 5. The van der Waals surface area contributed by atoms with E-state index in [1.807, 2.05) is 0 Å². The number of nitrogens with zero attached hydrogens (tertiary/aromatic N) is 1. The molecule has 0 aromatic rings. The van der Waals surface area contributed by atoms with Gasteiger partial charge in [-0.05, 0) is 63.7 Å². The number of alkyl halides is 1. The first kappa shape index (κ1) is 20.6. The summed E-state index contributed by atoms with van der Waals surface area (Å²) in [4.78, 5) is 2.58. The van der Waals surface area contributed by atoms with Crippen LogP contribution in [0.2, 0.25) is 0 Å². The van der Waals surface area contributed by atoms with E-state index in [-0.39, 0.29) is 11.6 Å². The maximum absolute atomic E-state index is 14.2. The molecule has 6 heteroatoms. The standard InChI is InChI=1S/C23H39FN2O3/c1-16-13-23(15-27-10-8-25-23)22-14-29-19-5-2-17(3-6-19)20-7-4-18(24)12-21(20)28-11-9-26(16)22/h16-22,25H,2-15H2,1H3. The highest BCUT2D eigenvalue weighted by atomic mass is 19.1. The normalized spacial score (nSPS) is 49.7. The van der Waals surface area contributed by atoms with Crippen molar-refractivity contribution >= 4 is 0 Å². The van der Waals surface area contributed by atoms with Crippen LogP contribution in [-0.4, -0.2) is 80.4 Å². The van der Waals surface area contributed by atoms with Gasteiger partial charge in [-0.2, -0.15) is 0 Å². The molecule has 2 bridgehead atoms. The predicted octanol–water partition coefficient (Wildman–Crippen LogP) is 2.92. The molecular weight excluding hydrogens is 371 g/mol. The van der Waals surface area contributed by atoms with Crippen molar-refractivity contribution in [2.45, 2.75) is 94.3 Å². The lowest BCUT2D eigenvalue weighted by molar-refractivity contribution is -0.0636. The second-order valence-corrected chi connectivity index (χ2v) is 10.3. The van der Waals surface area contributed by atoms with E-state index in [1.54, 1.807) is 0 Å². The molecule has 4 aliphatic heterocycles. The van der Waals surface area contributed by atoms with Crippen LogP contribution in [0.15, 0.2) is 0 Å². The second-order valence-electron chi connectivity index (χ2n) is 10.3. The van der Waals surface area contributed by atoms with Gasteiger partial charge in [0.1, 0.15) is 6.17 Å². The van der Waals surface area contributed by atoms with Crippen molar-refractivity contribution in [1.82, 2.24) is 10.2 Å². The first-order chi connectivity index (χ1) is 14.1. The predicted molar refractivity (Wildman–Crippen MR) is 110 cm³/mol. The number of morpholine rings is 1. The smallest absolute Gasteiger partial charge is 0.103 e. The first-order valence-electron chi connectivity index (χ1n) is 12.1. The summed E-state index contributed by atoms with van der Waals surface area (Å²) >= 11 is 0. The van der Waals surface area contributed by atoms with Crippen LogP contribution in [0.3, 0.4) is 0 Å². The fourth-order valence-electron chi connectivity index (χ4n) is 7.11. The average Bonchev–Trinajstić information content (AvgIpc) is 2.98. The van der Waals surface area contributed by atoms with Crippen LogP contribution in [0.1, 0.15) is 58.3 Å². The number of ether oxygens (including phenoxy) is 3. The summed E-state index contributed by atoms with van der Waals surface area (Å²) in [7, 11) is 0. The molecule has 4 heterocycles. The van der Waals surface area contributed by atoms with Crippen LogP contribution in [0, 0.1) is 11.8 Å². The lowest BCUT2D eigenvalue weighted by atomic mass is 9.71. The maximum atomic E-state index is 14.2. The molecule has 2 saturated carbocycles. The zero-order valence-corrected chi connectivity index (χ0v) is 18.0. The van der Waals surface area contributed by atoms with Gasteiger partial charge in [-0.3, -0.25) is 4.90 Å². The Hall–Kier alpha value is -0.270. The summed E-state index contributed by atoms with van der Waals surface area (Å²) in [6, 6.07) is 0.787. The van der Waals surface area contributed by atoms with Crippen molar-refractivity contribution in [2.75, 3.05) is 39.5 Å². The number of rotatable bonds is 0. The van der Waals surface area contributed by atoms with E-state index in [0.717, 1.165) is 65.0 Å². The molecule has 0 aromatic carbocycles. The van der Waals surface area contributed by atoms with Gasteiger partial charge < -0.3 is 19.5 Å². The van der Waals surface area contributed by atoms with Gasteiger partial charge in [-0.1, -0.05) is 0 Å². The monoisotopic (exact) mass is 410 g/mol. The zero-order chi connectivity index (χ0) is 19.8. The van der Waals surface area contributed by atoms with Crippen LogP contribution in [-0.2, 0) is 14.2 Å². The third kappa shape index (κ3) is 4.12. The Morgan fingerprint density at radius 2 is 1.90 bits per heavy atom. The molecule has 0 radical (unpaired) electrons. The Kier molecular flexibility index (Phi) is 6.18. The van der Waals surface area contributed by atoms with Crippen molar-refractivity contribution in [1.29, 1.82) is 0 Å². The fraction of sp³-hybridized carbons (Fsp3) is 1.00. The topological polar surface area (TPSA) is 43.0 Å². The molecule has 6 aliphatic rings. The summed E-state index contributed by atoms with van der Waals surface area (Å²) in [5.74, 6) is 1.22. The highest BCUT2D eigenvalue weighted by molar-refractivity contribution is 5.10. The lowest BCUT2D eigenvalue weighted by Gasteiger charge is -2.42. The fourth-order valence-corrected chi connectivity index (χ4v) is 7.11. The molecule has 6 rings (SSSR count). The molecule has 0 amide bonds. The van der Waals surface area contributed by atoms with Crippen molar-refractivity contribution in [3.05, 3.63) is 0 Å². The summed E-state index contributed by atoms with van der Waals surface area (Å²) in [5, 5.41) is 3.81. The Bertz CT molecular complexity index is 550. The number of nitrogens with one attached hydrogen (secondary N) is 1. The highest BCUT2D eigenvalue weighted by Crippen LogP contribution is 2.42. The summed E-state index contributed by atoms with van der Waals surface area (Å²) in [5.41, 5.74) is -0.00748. The SMILES string of the molecule is CC1CC2(COCCN2)C2COC3CCC(CC3)C3CCC(F)CC3OCCN12. The number of hydrogen-bond donors (Lipinski definition) is 1. The third-order valence-electron chi connectivity index (χ3n) is 8.62. The van der Waals surface area contributed by atoms with Crippen LogP contribution >= 0.6 is 0 Å². The van der Waals surface area contributed by atoms with Crippen LogP contribution in [0.5, 0.6) is 0 Å². The molecule has 6 atom stereocenters. The molecule has 4 saturated heterocycles. The van der Waals surface area contributed by atoms with E-state index < -0.39 is 6.17 Å². The molecular formula is C23H39FN2O3. The Balaban J connectivity index is 1.36. The zero-order valence-electron chi connectivity index (χ0n) is 18.0. The minimum Gasteiger partial charge on any atom is -0.378 e. The van der Waals surface area contributed by atoms with Crippen molar-refractivity contribution in [2.24, 2.45) is 11.8 Å². The minimum absolute atomic E-state index is 0.00748. The summed E-state index contributed by atoms with van der Waals surface area (Å²) < 4.78 is 33.1. The molecule has 6 unspecified atom stereocenters. The Labute approximate surface area is 175 Å². The van der Waals surface area contributed by atoms with Gasteiger partial charge in [-0.25, -0.2) is 4.39 Å². The van der Waals surface area contributed by atoms with Crippen molar-refractivity contribution in [3.63, 3.8) is 0 Å². The van der Waals surface area contributed by atoms with E-state index >= 15 is 0 Å². The van der Waals surface area contributed by atoms with E-state index in [0.29, 0.717) is 43.1 Å². The average molecular weight is 411 g/mol.